The smallest absolute Gasteiger partial charge is 0.148 e. The first-order valence-electron chi connectivity index (χ1n) is 6.80. The van der Waals surface area contributed by atoms with E-state index in [0.717, 1.165) is 22.6 Å². The van der Waals surface area contributed by atoms with E-state index in [2.05, 4.69) is 24.3 Å². The summed E-state index contributed by atoms with van der Waals surface area (Å²) in [6.45, 7) is 6.76. The molecule has 0 amide bonds. The average Bonchev–Trinajstić information content (AvgIpc) is 2.73. The average molecular weight is 274 g/mol. The Morgan fingerprint density at radius 2 is 2.05 bits per heavy atom. The molecule has 1 aromatic heterocycles. The van der Waals surface area contributed by atoms with E-state index >= 15 is 0 Å². The summed E-state index contributed by atoms with van der Waals surface area (Å²) >= 11 is 0. The van der Waals surface area contributed by atoms with Crippen LogP contribution in [0.2, 0.25) is 0 Å². The van der Waals surface area contributed by atoms with Gasteiger partial charge in [0.1, 0.15) is 5.82 Å². The number of benzene rings is 1. The van der Waals surface area contributed by atoms with Crippen LogP contribution in [0.3, 0.4) is 0 Å². The molecule has 0 atom stereocenters. The molecule has 0 aliphatic heterocycles. The maximum Gasteiger partial charge on any atom is 0.148 e. The van der Waals surface area contributed by atoms with Crippen LogP contribution in [0.4, 0.5) is 11.5 Å². The lowest BCUT2D eigenvalue weighted by Crippen LogP contribution is -2.11. The van der Waals surface area contributed by atoms with Crippen LogP contribution in [0.15, 0.2) is 24.3 Å². The van der Waals surface area contributed by atoms with E-state index in [1.54, 1.807) is 0 Å². The van der Waals surface area contributed by atoms with Gasteiger partial charge in [0.2, 0.25) is 0 Å². The van der Waals surface area contributed by atoms with Crippen molar-refractivity contribution in [1.82, 2.24) is 9.78 Å². The summed E-state index contributed by atoms with van der Waals surface area (Å²) in [6.07, 6.45) is 0. The first kappa shape index (κ1) is 14.4. The van der Waals surface area contributed by atoms with Crippen molar-refractivity contribution in [3.05, 3.63) is 41.1 Å². The van der Waals surface area contributed by atoms with E-state index in [1.807, 2.05) is 35.9 Å². The topological polar surface area (TPSA) is 76.1 Å². The van der Waals surface area contributed by atoms with Crippen molar-refractivity contribution >= 4 is 11.5 Å². The number of nitrogens with two attached hydrogens (primary N) is 1. The Balaban J connectivity index is 2.18. The second-order valence-corrected chi connectivity index (χ2v) is 5.22. The number of hydrogen-bond acceptors (Lipinski definition) is 4. The summed E-state index contributed by atoms with van der Waals surface area (Å²) < 4.78 is 1.90. The largest absolute Gasteiger partial charge is 0.394 e. The number of nitrogens with one attached hydrogen (secondary N) is 1. The van der Waals surface area contributed by atoms with Crippen LogP contribution in [0.5, 0.6) is 0 Å². The number of hydrogen-bond donors (Lipinski definition) is 3. The number of aromatic nitrogens is 2. The van der Waals surface area contributed by atoms with Gasteiger partial charge in [0.25, 0.3) is 0 Å². The third-order valence-corrected chi connectivity index (χ3v) is 3.25. The van der Waals surface area contributed by atoms with Crippen LogP contribution >= 0.6 is 0 Å². The van der Waals surface area contributed by atoms with Crippen molar-refractivity contribution in [3.63, 3.8) is 0 Å². The van der Waals surface area contributed by atoms with E-state index in [0.29, 0.717) is 12.2 Å². The highest BCUT2D eigenvalue weighted by Gasteiger charge is 2.14. The maximum absolute atomic E-state index is 9.16. The molecule has 0 unspecified atom stereocenters. The summed E-state index contributed by atoms with van der Waals surface area (Å²) in [7, 11) is 0. The number of nitrogen functional groups attached to an aromatic ring is 1. The highest BCUT2D eigenvalue weighted by molar-refractivity contribution is 5.65. The summed E-state index contributed by atoms with van der Waals surface area (Å²) in [5.74, 6) is 0.854. The number of aryl methyl sites for hydroxylation is 1. The molecule has 20 heavy (non-hydrogen) atoms. The Labute approximate surface area is 119 Å². The summed E-state index contributed by atoms with van der Waals surface area (Å²) in [5.41, 5.74) is 9.62. The molecule has 0 saturated carbocycles. The van der Waals surface area contributed by atoms with Crippen molar-refractivity contribution < 1.29 is 5.11 Å². The highest BCUT2D eigenvalue weighted by atomic mass is 16.3. The van der Waals surface area contributed by atoms with E-state index < -0.39 is 0 Å². The lowest BCUT2D eigenvalue weighted by molar-refractivity contribution is 0.281. The maximum atomic E-state index is 9.16. The molecule has 0 aliphatic carbocycles. The number of aliphatic hydroxyl groups is 1. The van der Waals surface area contributed by atoms with Gasteiger partial charge in [-0.1, -0.05) is 24.3 Å². The minimum atomic E-state index is 0.0546. The molecule has 0 fully saturated rings. The molecule has 2 aromatic rings. The fraction of sp³-hybridized carbons (Fsp3) is 0.400. The quantitative estimate of drug-likeness (QED) is 0.783. The molecule has 0 spiro atoms. The second kappa shape index (κ2) is 5.96. The number of nitrogens with zero attached hydrogens (tertiary/aromatic N) is 2. The number of anilines is 2. The highest BCUT2D eigenvalue weighted by Crippen LogP contribution is 2.26. The van der Waals surface area contributed by atoms with Gasteiger partial charge >= 0.3 is 0 Å². The summed E-state index contributed by atoms with van der Waals surface area (Å²) in [5, 5.41) is 16.9. The molecule has 1 aromatic carbocycles. The third kappa shape index (κ3) is 2.93. The van der Waals surface area contributed by atoms with E-state index in [4.69, 9.17) is 10.8 Å². The number of rotatable bonds is 5. The SMILES string of the molecule is Cc1nn(C(C)C)c(NCc2cccc(CO)c2)c1N. The zero-order valence-electron chi connectivity index (χ0n) is 12.2. The van der Waals surface area contributed by atoms with Crippen LogP contribution in [-0.2, 0) is 13.2 Å². The van der Waals surface area contributed by atoms with Gasteiger partial charge in [-0.3, -0.25) is 0 Å². The minimum absolute atomic E-state index is 0.0546. The van der Waals surface area contributed by atoms with E-state index in [9.17, 15) is 0 Å². The molecule has 0 aliphatic rings. The fourth-order valence-corrected chi connectivity index (χ4v) is 2.13. The van der Waals surface area contributed by atoms with Gasteiger partial charge in [0.05, 0.1) is 18.0 Å². The Hall–Kier alpha value is -2.01. The second-order valence-electron chi connectivity index (χ2n) is 5.22. The van der Waals surface area contributed by atoms with Gasteiger partial charge in [-0.15, -0.1) is 0 Å². The molecular weight excluding hydrogens is 252 g/mol. The minimum Gasteiger partial charge on any atom is -0.394 e. The summed E-state index contributed by atoms with van der Waals surface area (Å²) in [6, 6.07) is 8.09. The van der Waals surface area contributed by atoms with Crippen molar-refractivity contribution in [1.29, 1.82) is 0 Å². The number of aliphatic hydroxyl groups excluding tert-OH is 1. The fourth-order valence-electron chi connectivity index (χ4n) is 2.13. The molecule has 0 saturated heterocycles. The van der Waals surface area contributed by atoms with E-state index in [1.165, 1.54) is 0 Å². The molecule has 1 heterocycles. The van der Waals surface area contributed by atoms with Gasteiger partial charge < -0.3 is 16.2 Å². The lowest BCUT2D eigenvalue weighted by Gasteiger charge is -2.13. The monoisotopic (exact) mass is 274 g/mol. The van der Waals surface area contributed by atoms with Gasteiger partial charge in [0, 0.05) is 12.6 Å². The van der Waals surface area contributed by atoms with Crippen LogP contribution in [-0.4, -0.2) is 14.9 Å². The first-order valence-corrected chi connectivity index (χ1v) is 6.80. The van der Waals surface area contributed by atoms with Gasteiger partial charge in [-0.2, -0.15) is 5.10 Å². The molecule has 5 nitrogen and oxygen atoms in total. The zero-order chi connectivity index (χ0) is 14.7. The van der Waals surface area contributed by atoms with E-state index in [-0.39, 0.29) is 12.6 Å². The van der Waals surface area contributed by atoms with Gasteiger partial charge in [0.15, 0.2) is 0 Å². The third-order valence-electron chi connectivity index (χ3n) is 3.25. The molecule has 5 heteroatoms. The predicted octanol–water partition coefficient (Wildman–Crippen LogP) is 2.46. The normalized spacial score (nSPS) is 11.1. The molecule has 108 valence electrons. The van der Waals surface area contributed by atoms with Crippen LogP contribution in [0, 0.1) is 6.92 Å². The zero-order valence-corrected chi connectivity index (χ0v) is 12.2. The molecule has 0 bridgehead atoms. The Bertz CT molecular complexity index is 590. The molecule has 4 N–H and O–H groups in total. The van der Waals surface area contributed by atoms with Crippen molar-refractivity contribution in [2.45, 2.75) is 40.0 Å². The van der Waals surface area contributed by atoms with Crippen LogP contribution in [0.1, 0.15) is 36.7 Å². The van der Waals surface area contributed by atoms with Crippen LogP contribution in [0.25, 0.3) is 0 Å². The summed E-state index contributed by atoms with van der Waals surface area (Å²) in [4.78, 5) is 0. The van der Waals surface area contributed by atoms with Gasteiger partial charge in [-0.25, -0.2) is 4.68 Å². The van der Waals surface area contributed by atoms with Crippen molar-refractivity contribution in [3.8, 4) is 0 Å². The van der Waals surface area contributed by atoms with Crippen LogP contribution < -0.4 is 11.1 Å². The van der Waals surface area contributed by atoms with Crippen molar-refractivity contribution in [2.75, 3.05) is 11.1 Å². The Morgan fingerprint density at radius 1 is 1.35 bits per heavy atom. The molecule has 0 radical (unpaired) electrons. The Kier molecular flexibility index (Phi) is 4.29. The predicted molar refractivity (Wildman–Crippen MR) is 81.5 cm³/mol. The molecular formula is C15H22N4O. The lowest BCUT2D eigenvalue weighted by atomic mass is 10.1. The first-order chi connectivity index (χ1) is 9.52. The standard InChI is InChI=1S/C15H22N4O/c1-10(2)19-15(14(16)11(3)18-19)17-8-12-5-4-6-13(7-12)9-20/h4-7,10,17,20H,8-9,16H2,1-3H3. The van der Waals surface area contributed by atoms with Crippen molar-refractivity contribution in [2.24, 2.45) is 0 Å². The van der Waals surface area contributed by atoms with Gasteiger partial charge in [-0.05, 0) is 31.9 Å². The Morgan fingerprint density at radius 3 is 2.70 bits per heavy atom. The molecule has 2 rings (SSSR count).